The summed E-state index contributed by atoms with van der Waals surface area (Å²) in [5, 5.41) is 8.72. The molecule has 4 N–H and O–H groups in total. The Morgan fingerprint density at radius 1 is 1.10 bits per heavy atom. The van der Waals surface area contributed by atoms with Crippen LogP contribution in [0.3, 0.4) is 0 Å². The Balaban J connectivity index is 1.78. The Hall–Kier alpha value is -3.63. The Labute approximate surface area is 227 Å². The summed E-state index contributed by atoms with van der Waals surface area (Å²) < 4.78 is 61.1. The summed E-state index contributed by atoms with van der Waals surface area (Å²) in [6.07, 6.45) is -2.86. The first-order chi connectivity index (χ1) is 18.5. The number of carbonyl (C=O) groups is 4. The summed E-state index contributed by atoms with van der Waals surface area (Å²) >= 11 is 6.76. The number of nitrogens with zero attached hydrogens (tertiary/aromatic N) is 1. The number of thiophene rings is 1. The Kier molecular flexibility index (Phi) is 10.7. The lowest BCUT2D eigenvalue weighted by molar-refractivity contribution is -0.125. The van der Waals surface area contributed by atoms with E-state index in [1.165, 1.54) is 29.2 Å². The molecule has 1 aliphatic rings. The summed E-state index contributed by atoms with van der Waals surface area (Å²) in [7, 11) is 0. The summed E-state index contributed by atoms with van der Waals surface area (Å²) in [5.74, 6) is -2.54. The zero-order valence-electron chi connectivity index (χ0n) is 19.8. The van der Waals surface area contributed by atoms with Crippen LogP contribution < -0.4 is 30.9 Å². The Morgan fingerprint density at radius 3 is 2.51 bits per heavy atom. The van der Waals surface area contributed by atoms with Crippen LogP contribution >= 0.6 is 22.9 Å². The molecule has 11 nitrogen and oxygen atoms in total. The van der Waals surface area contributed by atoms with Crippen LogP contribution in [0.25, 0.3) is 0 Å². The lowest BCUT2D eigenvalue weighted by Crippen LogP contribution is -2.53. The van der Waals surface area contributed by atoms with Crippen molar-refractivity contribution in [2.24, 2.45) is 0 Å². The van der Waals surface area contributed by atoms with Crippen LogP contribution in [0.4, 0.5) is 33.7 Å². The lowest BCUT2D eigenvalue weighted by atomic mass is 10.2. The number of benzene rings is 1. The largest absolute Gasteiger partial charge is 0.433 e. The molecule has 212 valence electrons. The third-order valence-electron chi connectivity index (χ3n) is 5.04. The quantitative estimate of drug-likeness (QED) is 0.295. The molecule has 2 heterocycles. The van der Waals surface area contributed by atoms with Crippen molar-refractivity contribution >= 4 is 58.1 Å². The number of rotatable bonds is 11. The highest BCUT2D eigenvalue weighted by atomic mass is 35.5. The molecule has 3 rings (SSSR count). The molecule has 1 aromatic heterocycles. The number of hydrogen-bond donors (Lipinski definition) is 4. The molecule has 0 bridgehead atoms. The highest BCUT2D eigenvalue weighted by Gasteiger charge is 2.26. The third-order valence-corrected chi connectivity index (χ3v) is 6.27. The van der Waals surface area contributed by atoms with E-state index in [2.05, 4.69) is 20.7 Å². The second kappa shape index (κ2) is 14.0. The van der Waals surface area contributed by atoms with Crippen molar-refractivity contribution < 1.29 is 46.2 Å². The van der Waals surface area contributed by atoms with Gasteiger partial charge in [-0.15, -0.1) is 11.3 Å². The monoisotopic (exact) mass is 595 g/mol. The Bertz CT molecular complexity index is 1200. The third kappa shape index (κ3) is 8.97. The smallest absolute Gasteiger partial charge is 0.387 e. The van der Waals surface area contributed by atoms with Crippen LogP contribution in [0.1, 0.15) is 9.67 Å². The molecular weight excluding hydrogens is 574 g/mol. The van der Waals surface area contributed by atoms with Gasteiger partial charge in [0.25, 0.3) is 18.2 Å². The van der Waals surface area contributed by atoms with Gasteiger partial charge in [-0.3, -0.25) is 14.4 Å². The normalized spacial score (nSPS) is 14.2. The first kappa shape index (κ1) is 29.9. The van der Waals surface area contributed by atoms with Gasteiger partial charge in [0.15, 0.2) is 5.75 Å². The maximum atomic E-state index is 13.1. The standard InChI is InChI=1S/C22H22ClF4N5O6S/c23-16-4-3-15(39-16)20(35)28-8-13(31-22(36)29-9-17(24)25)19(34)30-12-2-1-11(7-14(12)38-21(26)27)32-5-6-37-10-18(32)33/h1-4,7,13,17,21H,5-6,8-10H2,(H,28,35)(H,30,34)(H2,29,31,36)/t13-/m1/s1. The highest BCUT2D eigenvalue weighted by molar-refractivity contribution is 7.18. The summed E-state index contributed by atoms with van der Waals surface area (Å²) in [6, 6.07) is 3.90. The number of halogens is 5. The molecule has 0 saturated carbocycles. The van der Waals surface area contributed by atoms with E-state index in [9.17, 15) is 36.7 Å². The minimum absolute atomic E-state index is 0.160. The van der Waals surface area contributed by atoms with Gasteiger partial charge in [0.05, 0.1) is 28.1 Å². The van der Waals surface area contributed by atoms with Crippen molar-refractivity contribution in [3.8, 4) is 5.75 Å². The van der Waals surface area contributed by atoms with Crippen LogP contribution in [0.2, 0.25) is 4.34 Å². The molecule has 1 aliphatic heterocycles. The molecule has 5 amide bonds. The van der Waals surface area contributed by atoms with Gasteiger partial charge in [-0.25, -0.2) is 13.6 Å². The van der Waals surface area contributed by atoms with Crippen molar-refractivity contribution in [3.63, 3.8) is 0 Å². The van der Waals surface area contributed by atoms with Crippen molar-refractivity contribution in [1.82, 2.24) is 16.0 Å². The molecule has 0 radical (unpaired) electrons. The number of carbonyl (C=O) groups excluding carboxylic acids is 4. The molecule has 17 heteroatoms. The number of ether oxygens (including phenoxy) is 2. The van der Waals surface area contributed by atoms with Gasteiger partial charge in [-0.1, -0.05) is 11.6 Å². The molecule has 0 spiro atoms. The molecule has 1 fully saturated rings. The van der Waals surface area contributed by atoms with Gasteiger partial charge in [-0.2, -0.15) is 8.78 Å². The van der Waals surface area contributed by atoms with Gasteiger partial charge in [-0.05, 0) is 24.3 Å². The fraction of sp³-hybridized carbons (Fsp3) is 0.364. The topological polar surface area (TPSA) is 138 Å². The van der Waals surface area contributed by atoms with E-state index >= 15 is 0 Å². The highest BCUT2D eigenvalue weighted by Crippen LogP contribution is 2.32. The minimum Gasteiger partial charge on any atom is -0.433 e. The van der Waals surface area contributed by atoms with Crippen LogP contribution in [-0.2, 0) is 14.3 Å². The molecule has 0 unspecified atom stereocenters. The SMILES string of the molecule is O=C(NCC(F)F)N[C@H](CNC(=O)c1ccc(Cl)s1)C(=O)Nc1ccc(N2CCOCC2=O)cc1OC(F)F. The first-order valence-corrected chi connectivity index (χ1v) is 12.4. The summed E-state index contributed by atoms with van der Waals surface area (Å²) in [6.45, 7) is -4.62. The molecular formula is C22H22ClF4N5O6S. The maximum absolute atomic E-state index is 13.1. The number of nitrogens with one attached hydrogen (secondary N) is 4. The molecule has 1 aromatic carbocycles. The second-order valence-corrected chi connectivity index (χ2v) is 9.47. The molecule has 39 heavy (non-hydrogen) atoms. The number of urea groups is 1. The van der Waals surface area contributed by atoms with Crippen LogP contribution in [0.5, 0.6) is 5.75 Å². The zero-order chi connectivity index (χ0) is 28.5. The van der Waals surface area contributed by atoms with E-state index in [4.69, 9.17) is 16.3 Å². The van der Waals surface area contributed by atoms with Crippen molar-refractivity contribution in [1.29, 1.82) is 0 Å². The zero-order valence-corrected chi connectivity index (χ0v) is 21.4. The average molecular weight is 596 g/mol. The van der Waals surface area contributed by atoms with Crippen molar-refractivity contribution in [2.75, 3.05) is 43.1 Å². The van der Waals surface area contributed by atoms with Gasteiger partial charge >= 0.3 is 12.6 Å². The maximum Gasteiger partial charge on any atom is 0.387 e. The van der Waals surface area contributed by atoms with Gasteiger partial charge in [0.2, 0.25) is 5.91 Å². The van der Waals surface area contributed by atoms with Crippen LogP contribution in [0, 0.1) is 0 Å². The number of anilines is 2. The van der Waals surface area contributed by atoms with E-state index in [1.807, 2.05) is 5.32 Å². The fourth-order valence-corrected chi connectivity index (χ4v) is 4.25. The van der Waals surface area contributed by atoms with Crippen molar-refractivity contribution in [3.05, 3.63) is 39.5 Å². The van der Waals surface area contributed by atoms with Crippen molar-refractivity contribution in [2.45, 2.75) is 19.1 Å². The van der Waals surface area contributed by atoms with E-state index < -0.39 is 61.7 Å². The van der Waals surface area contributed by atoms with E-state index in [0.29, 0.717) is 4.34 Å². The van der Waals surface area contributed by atoms with Gasteiger partial charge in [0.1, 0.15) is 12.6 Å². The number of amides is 5. The van der Waals surface area contributed by atoms with E-state index in [1.54, 1.807) is 0 Å². The molecule has 0 aliphatic carbocycles. The van der Waals surface area contributed by atoms with E-state index in [-0.39, 0.29) is 36.0 Å². The first-order valence-electron chi connectivity index (χ1n) is 11.2. The number of hydrogen-bond acceptors (Lipinski definition) is 7. The predicted octanol–water partition coefficient (Wildman–Crippen LogP) is 2.67. The average Bonchev–Trinajstić information content (AvgIpc) is 3.32. The van der Waals surface area contributed by atoms with Gasteiger partial charge < -0.3 is 35.6 Å². The predicted molar refractivity (Wildman–Crippen MR) is 133 cm³/mol. The molecule has 1 saturated heterocycles. The number of alkyl halides is 4. The molecule has 2 aromatic rings. The van der Waals surface area contributed by atoms with E-state index in [0.717, 1.165) is 17.4 Å². The fourth-order valence-electron chi connectivity index (χ4n) is 3.29. The second-order valence-electron chi connectivity index (χ2n) is 7.76. The summed E-state index contributed by atoms with van der Waals surface area (Å²) in [4.78, 5) is 51.1. The summed E-state index contributed by atoms with van der Waals surface area (Å²) in [5.41, 5.74) is -0.0409. The van der Waals surface area contributed by atoms with Crippen LogP contribution in [-0.4, -0.2) is 75.7 Å². The van der Waals surface area contributed by atoms with Crippen LogP contribution in [0.15, 0.2) is 30.3 Å². The molecule has 1 atom stereocenters. The lowest BCUT2D eigenvalue weighted by Gasteiger charge is -2.27. The minimum atomic E-state index is -3.29. The van der Waals surface area contributed by atoms with Gasteiger partial charge in [0, 0.05) is 24.8 Å². The number of morpholine rings is 1. The Morgan fingerprint density at radius 2 is 1.87 bits per heavy atom.